The maximum Gasteiger partial charge on any atom is 0.344 e. The van der Waals surface area contributed by atoms with Gasteiger partial charge in [-0.3, -0.25) is 4.31 Å². The van der Waals surface area contributed by atoms with Crippen molar-refractivity contribution in [1.29, 1.82) is 0 Å². The molecule has 0 unspecified atom stereocenters. The standard InChI is InChI=1S/C14H14F2N2O4S/c1-3-18-7-13(9(2)17-23(18,20)21)14(19)22-8-10-4-11(15)6-12(16)5-10/h4-7H,3,8H2,1-2H3. The summed E-state index contributed by atoms with van der Waals surface area (Å²) < 4.78 is 58.9. The molecule has 9 heteroatoms. The number of ether oxygens (including phenoxy) is 1. The van der Waals surface area contributed by atoms with E-state index in [1.807, 2.05) is 0 Å². The van der Waals surface area contributed by atoms with Gasteiger partial charge in [-0.1, -0.05) is 0 Å². The van der Waals surface area contributed by atoms with E-state index in [2.05, 4.69) is 4.40 Å². The molecule has 6 nitrogen and oxygen atoms in total. The number of esters is 1. The molecule has 0 aromatic heterocycles. The van der Waals surface area contributed by atoms with E-state index in [-0.39, 0.29) is 30.0 Å². The molecule has 0 fully saturated rings. The van der Waals surface area contributed by atoms with Crippen LogP contribution in [0.4, 0.5) is 8.78 Å². The van der Waals surface area contributed by atoms with Crippen LogP contribution in [-0.4, -0.2) is 30.9 Å². The number of hydrogen-bond acceptors (Lipinski definition) is 4. The molecule has 1 heterocycles. The van der Waals surface area contributed by atoms with E-state index >= 15 is 0 Å². The number of rotatable bonds is 4. The molecule has 1 aromatic rings. The molecule has 2 rings (SSSR count). The first kappa shape index (κ1) is 17.1. The zero-order valence-electron chi connectivity index (χ0n) is 12.4. The lowest BCUT2D eigenvalue weighted by atomic mass is 10.2. The molecule has 0 N–H and O–H groups in total. The monoisotopic (exact) mass is 344 g/mol. The first-order valence-corrected chi connectivity index (χ1v) is 8.05. The van der Waals surface area contributed by atoms with Crippen molar-refractivity contribution in [3.63, 3.8) is 0 Å². The van der Waals surface area contributed by atoms with Gasteiger partial charge < -0.3 is 4.74 Å². The van der Waals surface area contributed by atoms with Crippen LogP contribution < -0.4 is 0 Å². The Morgan fingerprint density at radius 1 is 1.26 bits per heavy atom. The summed E-state index contributed by atoms with van der Waals surface area (Å²) in [4.78, 5) is 12.0. The van der Waals surface area contributed by atoms with Crippen molar-refractivity contribution < 1.29 is 26.7 Å². The second kappa shape index (κ2) is 6.45. The fourth-order valence-corrected chi connectivity index (χ4v) is 3.07. The third-order valence-electron chi connectivity index (χ3n) is 3.04. The third kappa shape index (κ3) is 3.92. The smallest absolute Gasteiger partial charge is 0.344 e. The number of hydrogen-bond donors (Lipinski definition) is 0. The molecular formula is C14H14F2N2O4S. The Kier molecular flexibility index (Phi) is 4.79. The zero-order chi connectivity index (χ0) is 17.2. The fourth-order valence-electron chi connectivity index (χ4n) is 1.95. The Hall–Kier alpha value is -2.29. The molecule has 0 aliphatic carbocycles. The van der Waals surface area contributed by atoms with Gasteiger partial charge in [0.2, 0.25) is 0 Å². The van der Waals surface area contributed by atoms with E-state index in [9.17, 15) is 22.0 Å². The SMILES string of the molecule is CCN1C=C(C(=O)OCc2cc(F)cc(F)c2)C(C)=NS1(=O)=O. The van der Waals surface area contributed by atoms with E-state index in [1.165, 1.54) is 6.92 Å². The fraction of sp³-hybridized carbons (Fsp3) is 0.286. The number of carbonyl (C=O) groups is 1. The van der Waals surface area contributed by atoms with Gasteiger partial charge in [0.1, 0.15) is 18.2 Å². The molecule has 124 valence electrons. The average Bonchev–Trinajstić information content (AvgIpc) is 2.43. The summed E-state index contributed by atoms with van der Waals surface area (Å²) in [7, 11) is -3.83. The van der Waals surface area contributed by atoms with E-state index < -0.39 is 27.8 Å². The van der Waals surface area contributed by atoms with Gasteiger partial charge >= 0.3 is 16.2 Å². The summed E-state index contributed by atoms with van der Waals surface area (Å²) in [5.41, 5.74) is 0.102. The van der Waals surface area contributed by atoms with Crippen molar-refractivity contribution in [3.8, 4) is 0 Å². The van der Waals surface area contributed by atoms with Crippen molar-refractivity contribution in [2.75, 3.05) is 6.54 Å². The minimum atomic E-state index is -3.83. The van der Waals surface area contributed by atoms with Crippen LogP contribution in [0.1, 0.15) is 19.4 Å². The summed E-state index contributed by atoms with van der Waals surface area (Å²) in [6.45, 7) is 2.70. The van der Waals surface area contributed by atoms with Crippen molar-refractivity contribution in [2.45, 2.75) is 20.5 Å². The van der Waals surface area contributed by atoms with Crippen LogP contribution in [0.3, 0.4) is 0 Å². The van der Waals surface area contributed by atoms with E-state index in [0.29, 0.717) is 6.07 Å². The highest BCUT2D eigenvalue weighted by molar-refractivity contribution is 7.88. The highest BCUT2D eigenvalue weighted by Crippen LogP contribution is 2.18. The van der Waals surface area contributed by atoms with Crippen LogP contribution in [0, 0.1) is 11.6 Å². The molecule has 1 aliphatic heterocycles. The predicted octanol–water partition coefficient (Wildman–Crippen LogP) is 1.93. The van der Waals surface area contributed by atoms with Gasteiger partial charge in [-0.05, 0) is 31.5 Å². The Labute approximate surface area is 132 Å². The number of benzene rings is 1. The van der Waals surface area contributed by atoms with Crippen LogP contribution in [0.15, 0.2) is 34.4 Å². The van der Waals surface area contributed by atoms with Crippen molar-refractivity contribution in [3.05, 3.63) is 47.2 Å². The number of nitrogens with zero attached hydrogens (tertiary/aromatic N) is 2. The summed E-state index contributed by atoms with van der Waals surface area (Å²) in [5, 5.41) is 0. The van der Waals surface area contributed by atoms with Gasteiger partial charge in [0.25, 0.3) is 0 Å². The average molecular weight is 344 g/mol. The topological polar surface area (TPSA) is 76.0 Å². The van der Waals surface area contributed by atoms with Crippen molar-refractivity contribution in [1.82, 2.24) is 4.31 Å². The summed E-state index contributed by atoms with van der Waals surface area (Å²) >= 11 is 0. The first-order valence-electron chi connectivity index (χ1n) is 6.65. The maximum atomic E-state index is 13.1. The molecule has 0 saturated heterocycles. The minimum Gasteiger partial charge on any atom is -0.457 e. The normalized spacial score (nSPS) is 16.6. The molecule has 0 amide bonds. The lowest BCUT2D eigenvalue weighted by molar-refractivity contribution is -0.139. The van der Waals surface area contributed by atoms with Gasteiger partial charge in [0.15, 0.2) is 0 Å². The second-order valence-electron chi connectivity index (χ2n) is 4.75. The van der Waals surface area contributed by atoms with Gasteiger partial charge in [-0.2, -0.15) is 8.42 Å². The van der Waals surface area contributed by atoms with Crippen LogP contribution >= 0.6 is 0 Å². The molecule has 0 bridgehead atoms. The van der Waals surface area contributed by atoms with Crippen LogP contribution in [0.2, 0.25) is 0 Å². The van der Waals surface area contributed by atoms with E-state index in [4.69, 9.17) is 4.74 Å². The zero-order valence-corrected chi connectivity index (χ0v) is 13.2. The Morgan fingerprint density at radius 2 is 1.87 bits per heavy atom. The van der Waals surface area contributed by atoms with Crippen LogP contribution in [-0.2, 0) is 26.3 Å². The molecular weight excluding hydrogens is 330 g/mol. The lowest BCUT2D eigenvalue weighted by Gasteiger charge is -2.21. The van der Waals surface area contributed by atoms with Crippen LogP contribution in [0.25, 0.3) is 0 Å². The molecule has 0 radical (unpaired) electrons. The third-order valence-corrected chi connectivity index (χ3v) is 4.50. The Morgan fingerprint density at radius 3 is 2.43 bits per heavy atom. The van der Waals surface area contributed by atoms with Gasteiger partial charge in [-0.25, -0.2) is 13.6 Å². The van der Waals surface area contributed by atoms with Crippen LogP contribution in [0.5, 0.6) is 0 Å². The molecule has 1 aromatic carbocycles. The second-order valence-corrected chi connectivity index (χ2v) is 6.30. The Balaban J connectivity index is 2.14. The first-order chi connectivity index (χ1) is 10.7. The van der Waals surface area contributed by atoms with Crippen molar-refractivity contribution >= 4 is 21.9 Å². The van der Waals surface area contributed by atoms with E-state index in [1.54, 1.807) is 6.92 Å². The largest absolute Gasteiger partial charge is 0.457 e. The van der Waals surface area contributed by atoms with Gasteiger partial charge in [0.05, 0.1) is 11.3 Å². The molecule has 23 heavy (non-hydrogen) atoms. The quantitative estimate of drug-likeness (QED) is 0.782. The summed E-state index contributed by atoms with van der Waals surface area (Å²) in [6, 6.07) is 2.78. The van der Waals surface area contributed by atoms with Crippen molar-refractivity contribution in [2.24, 2.45) is 4.40 Å². The number of carbonyl (C=O) groups excluding carboxylic acids is 1. The highest BCUT2D eigenvalue weighted by Gasteiger charge is 2.27. The highest BCUT2D eigenvalue weighted by atomic mass is 32.2. The summed E-state index contributed by atoms with van der Waals surface area (Å²) in [6.07, 6.45) is 1.13. The van der Waals surface area contributed by atoms with Gasteiger partial charge in [0, 0.05) is 18.8 Å². The number of halogens is 2. The minimum absolute atomic E-state index is 0.00915. The predicted molar refractivity (Wildman–Crippen MR) is 78.6 cm³/mol. The Bertz CT molecular complexity index is 783. The molecule has 0 saturated carbocycles. The lowest BCUT2D eigenvalue weighted by Crippen LogP contribution is -2.31. The summed E-state index contributed by atoms with van der Waals surface area (Å²) in [5.74, 6) is -2.40. The van der Waals surface area contributed by atoms with E-state index in [0.717, 1.165) is 22.6 Å². The molecule has 1 aliphatic rings. The maximum absolute atomic E-state index is 13.1. The molecule has 0 spiro atoms. The molecule has 0 atom stereocenters. The van der Waals surface area contributed by atoms with Gasteiger partial charge in [-0.15, -0.1) is 4.40 Å².